The van der Waals surface area contributed by atoms with Crippen LogP contribution in [0.25, 0.3) is 10.9 Å². The number of amides is 3. The maximum atomic E-state index is 13.0. The summed E-state index contributed by atoms with van der Waals surface area (Å²) in [5, 5.41) is 36.3. The Balaban J connectivity index is 1.62. The SMILES string of the molecule is CC(NC(=O)C(CCC(=O)O)NC(=O)C(N)Cc1ccc(O)cc1)C(=O)NC(Cc1c[nH]c2ccccc12)C(=O)O. The molecule has 218 valence electrons. The topological polar surface area (TPSA) is 224 Å². The van der Waals surface area contributed by atoms with E-state index in [1.807, 2.05) is 24.3 Å². The Morgan fingerprint density at radius 1 is 0.854 bits per heavy atom. The number of para-hydroxylation sites is 1. The van der Waals surface area contributed by atoms with Gasteiger partial charge in [-0.05, 0) is 49.1 Å². The van der Waals surface area contributed by atoms with Gasteiger partial charge in [-0.25, -0.2) is 4.79 Å². The van der Waals surface area contributed by atoms with Gasteiger partial charge in [0.15, 0.2) is 0 Å². The molecule has 0 aliphatic heterocycles. The molecule has 3 amide bonds. The molecule has 4 atom stereocenters. The number of nitrogens with one attached hydrogen (secondary N) is 4. The molecule has 1 heterocycles. The first-order valence-corrected chi connectivity index (χ1v) is 12.9. The number of H-pyrrole nitrogens is 1. The molecular weight excluding hydrogens is 534 g/mol. The van der Waals surface area contributed by atoms with Crippen LogP contribution < -0.4 is 21.7 Å². The first-order chi connectivity index (χ1) is 19.4. The van der Waals surface area contributed by atoms with Gasteiger partial charge < -0.3 is 42.0 Å². The van der Waals surface area contributed by atoms with Crippen LogP contribution in [0.1, 0.15) is 30.9 Å². The summed E-state index contributed by atoms with van der Waals surface area (Å²) < 4.78 is 0. The predicted octanol–water partition coefficient (Wildman–Crippen LogP) is 0.410. The number of benzene rings is 2. The van der Waals surface area contributed by atoms with Crippen molar-refractivity contribution in [3.63, 3.8) is 0 Å². The van der Waals surface area contributed by atoms with Crippen LogP contribution in [-0.4, -0.2) is 74.1 Å². The predicted molar refractivity (Wildman–Crippen MR) is 148 cm³/mol. The molecule has 0 aliphatic carbocycles. The highest BCUT2D eigenvalue weighted by atomic mass is 16.4. The zero-order valence-corrected chi connectivity index (χ0v) is 22.3. The Hall–Kier alpha value is -4.91. The number of phenols is 1. The minimum atomic E-state index is -1.32. The van der Waals surface area contributed by atoms with Gasteiger partial charge in [0.2, 0.25) is 17.7 Å². The van der Waals surface area contributed by atoms with E-state index in [0.29, 0.717) is 11.1 Å². The number of aromatic amines is 1. The second-order valence-electron chi connectivity index (χ2n) is 9.66. The van der Waals surface area contributed by atoms with Gasteiger partial charge in [0.1, 0.15) is 23.9 Å². The van der Waals surface area contributed by atoms with Gasteiger partial charge in [-0.2, -0.15) is 0 Å². The largest absolute Gasteiger partial charge is 0.508 e. The second-order valence-corrected chi connectivity index (χ2v) is 9.66. The molecule has 41 heavy (non-hydrogen) atoms. The normalized spacial score (nSPS) is 13.9. The summed E-state index contributed by atoms with van der Waals surface area (Å²) >= 11 is 0. The number of carbonyl (C=O) groups excluding carboxylic acids is 3. The molecule has 4 unspecified atom stereocenters. The lowest BCUT2D eigenvalue weighted by molar-refractivity contribution is -0.142. The first kappa shape index (κ1) is 30.6. The van der Waals surface area contributed by atoms with Crippen LogP contribution in [0, 0.1) is 0 Å². The molecule has 0 spiro atoms. The minimum Gasteiger partial charge on any atom is -0.508 e. The van der Waals surface area contributed by atoms with Crippen LogP contribution >= 0.6 is 0 Å². The Kier molecular flexibility index (Phi) is 10.4. The fourth-order valence-electron chi connectivity index (χ4n) is 4.19. The van der Waals surface area contributed by atoms with E-state index >= 15 is 0 Å². The van der Waals surface area contributed by atoms with Crippen molar-refractivity contribution in [1.29, 1.82) is 0 Å². The van der Waals surface area contributed by atoms with Gasteiger partial charge in [-0.15, -0.1) is 0 Å². The number of rotatable bonds is 14. The third-order valence-corrected chi connectivity index (χ3v) is 6.47. The molecule has 0 bridgehead atoms. The van der Waals surface area contributed by atoms with E-state index in [1.54, 1.807) is 18.3 Å². The Bertz CT molecular complexity index is 1400. The highest BCUT2D eigenvalue weighted by Crippen LogP contribution is 2.19. The Morgan fingerprint density at radius 3 is 2.17 bits per heavy atom. The average Bonchev–Trinajstić information content (AvgIpc) is 3.34. The van der Waals surface area contributed by atoms with Crippen LogP contribution in [0.2, 0.25) is 0 Å². The summed E-state index contributed by atoms with van der Waals surface area (Å²) in [6, 6.07) is 8.45. The van der Waals surface area contributed by atoms with Crippen LogP contribution in [0.3, 0.4) is 0 Å². The van der Waals surface area contributed by atoms with Crippen LogP contribution in [-0.2, 0) is 36.8 Å². The smallest absolute Gasteiger partial charge is 0.326 e. The number of hydrogen-bond donors (Lipinski definition) is 8. The summed E-state index contributed by atoms with van der Waals surface area (Å²) in [5.41, 5.74) is 8.13. The van der Waals surface area contributed by atoms with Gasteiger partial charge in [-0.1, -0.05) is 30.3 Å². The molecule has 3 rings (SSSR count). The molecule has 0 aliphatic rings. The number of carboxylic acid groups (broad SMARTS) is 2. The van der Waals surface area contributed by atoms with Crippen molar-refractivity contribution in [2.45, 2.75) is 56.8 Å². The summed E-state index contributed by atoms with van der Waals surface area (Å²) in [6.45, 7) is 1.34. The van der Waals surface area contributed by atoms with Gasteiger partial charge in [-0.3, -0.25) is 19.2 Å². The maximum Gasteiger partial charge on any atom is 0.326 e. The highest BCUT2D eigenvalue weighted by Gasteiger charge is 2.29. The van der Waals surface area contributed by atoms with E-state index < -0.39 is 60.2 Å². The molecule has 13 heteroatoms. The Labute approximate surface area is 235 Å². The number of nitrogens with two attached hydrogens (primary N) is 1. The molecule has 2 aromatic carbocycles. The minimum absolute atomic E-state index is 0.0119. The number of aromatic nitrogens is 1. The van der Waals surface area contributed by atoms with E-state index in [9.17, 15) is 34.2 Å². The van der Waals surface area contributed by atoms with Crippen LogP contribution in [0.15, 0.2) is 54.7 Å². The van der Waals surface area contributed by atoms with Crippen molar-refractivity contribution < 1.29 is 39.3 Å². The third kappa shape index (κ3) is 8.80. The van der Waals surface area contributed by atoms with E-state index in [2.05, 4.69) is 20.9 Å². The lowest BCUT2D eigenvalue weighted by atomic mass is 10.0. The molecule has 0 saturated heterocycles. The quantitative estimate of drug-likeness (QED) is 0.135. The highest BCUT2D eigenvalue weighted by molar-refractivity contribution is 5.94. The lowest BCUT2D eigenvalue weighted by Crippen LogP contribution is -2.56. The molecule has 0 fully saturated rings. The van der Waals surface area contributed by atoms with Gasteiger partial charge in [0.25, 0.3) is 0 Å². The van der Waals surface area contributed by atoms with E-state index in [-0.39, 0.29) is 25.0 Å². The van der Waals surface area contributed by atoms with E-state index in [4.69, 9.17) is 10.8 Å². The molecule has 3 aromatic rings. The summed E-state index contributed by atoms with van der Waals surface area (Å²) in [5.74, 6) is -4.75. The third-order valence-electron chi connectivity index (χ3n) is 6.47. The van der Waals surface area contributed by atoms with Crippen molar-refractivity contribution in [2.24, 2.45) is 5.73 Å². The number of phenolic OH excluding ortho intramolecular Hbond substituents is 1. The number of carbonyl (C=O) groups is 5. The molecule has 0 radical (unpaired) electrons. The van der Waals surface area contributed by atoms with Crippen molar-refractivity contribution >= 4 is 40.6 Å². The average molecular weight is 568 g/mol. The number of aromatic hydroxyl groups is 1. The number of carboxylic acids is 2. The first-order valence-electron chi connectivity index (χ1n) is 12.9. The van der Waals surface area contributed by atoms with Gasteiger partial charge >= 0.3 is 11.9 Å². The Morgan fingerprint density at radius 2 is 1.51 bits per heavy atom. The van der Waals surface area contributed by atoms with Gasteiger partial charge in [0.05, 0.1) is 6.04 Å². The van der Waals surface area contributed by atoms with Crippen molar-refractivity contribution in [2.75, 3.05) is 0 Å². The fourth-order valence-corrected chi connectivity index (χ4v) is 4.19. The second kappa shape index (κ2) is 13.9. The summed E-state index contributed by atoms with van der Waals surface area (Å²) in [4.78, 5) is 64.5. The number of hydrogen-bond acceptors (Lipinski definition) is 7. The lowest BCUT2D eigenvalue weighted by Gasteiger charge is -2.23. The molecule has 1 aromatic heterocycles. The zero-order chi connectivity index (χ0) is 30.1. The molecular formula is C28H33N5O8. The van der Waals surface area contributed by atoms with Crippen molar-refractivity contribution in [1.82, 2.24) is 20.9 Å². The monoisotopic (exact) mass is 567 g/mol. The van der Waals surface area contributed by atoms with E-state index in [1.165, 1.54) is 19.1 Å². The standard InChI is InChI=1S/C28H33N5O8/c1-15(25(37)33-23(28(40)41)13-17-14-30-21-5-3-2-4-19(17)21)31-27(39)22(10-11-24(35)36)32-26(38)20(29)12-16-6-8-18(34)9-7-16/h2-9,14-15,20,22-23,30,34H,10-13,29H2,1H3,(H,31,39)(H,32,38)(H,33,37)(H,35,36)(H,40,41). The van der Waals surface area contributed by atoms with Crippen LogP contribution in [0.4, 0.5) is 0 Å². The number of aliphatic carboxylic acids is 2. The van der Waals surface area contributed by atoms with Crippen molar-refractivity contribution in [3.8, 4) is 5.75 Å². The molecule has 13 nitrogen and oxygen atoms in total. The summed E-state index contributed by atoms with van der Waals surface area (Å²) in [6.07, 6.45) is 1.02. The summed E-state index contributed by atoms with van der Waals surface area (Å²) in [7, 11) is 0. The fraction of sp³-hybridized carbons (Fsp3) is 0.321. The van der Waals surface area contributed by atoms with Crippen LogP contribution in [0.5, 0.6) is 5.75 Å². The molecule has 0 saturated carbocycles. The molecule has 9 N–H and O–H groups in total. The maximum absolute atomic E-state index is 13.0. The zero-order valence-electron chi connectivity index (χ0n) is 22.3. The van der Waals surface area contributed by atoms with Crippen molar-refractivity contribution in [3.05, 3.63) is 65.9 Å². The number of fused-ring (bicyclic) bond motifs is 1. The van der Waals surface area contributed by atoms with Gasteiger partial charge in [0, 0.05) is 29.9 Å². The van der Waals surface area contributed by atoms with E-state index in [0.717, 1.165) is 10.9 Å².